The topological polar surface area (TPSA) is 43.7 Å². The van der Waals surface area contributed by atoms with Crippen LogP contribution in [0.5, 0.6) is 23.0 Å². The first-order valence-electron chi connectivity index (χ1n) is 15.0. The van der Waals surface area contributed by atoms with Gasteiger partial charge in [0.25, 0.3) is 0 Å². The van der Waals surface area contributed by atoms with Gasteiger partial charge in [-0.3, -0.25) is 0 Å². The third-order valence-corrected chi connectivity index (χ3v) is 11.7. The van der Waals surface area contributed by atoms with Crippen molar-refractivity contribution in [3.63, 3.8) is 0 Å². The van der Waals surface area contributed by atoms with Crippen molar-refractivity contribution in [3.8, 4) is 28.7 Å². The summed E-state index contributed by atoms with van der Waals surface area (Å²) in [5.74, 6) is 2.37. The van der Waals surface area contributed by atoms with Gasteiger partial charge in [0.15, 0.2) is 5.75 Å². The lowest BCUT2D eigenvalue weighted by Gasteiger charge is -2.35. The Labute approximate surface area is 260 Å². The van der Waals surface area contributed by atoms with Gasteiger partial charge in [0.2, 0.25) is 7.14 Å². The maximum atomic E-state index is 16.2. The number of para-hydroxylation sites is 4. The van der Waals surface area contributed by atoms with Crippen LogP contribution < -0.4 is 30.4 Å². The van der Waals surface area contributed by atoms with Gasteiger partial charge in [-0.1, -0.05) is 66.7 Å². The van der Waals surface area contributed by atoms with Gasteiger partial charge in [0.1, 0.15) is 28.0 Å². The molecular formula is C39H27N2O3P. The Kier molecular flexibility index (Phi) is 5.62. The Morgan fingerprint density at radius 2 is 1.20 bits per heavy atom. The van der Waals surface area contributed by atoms with Crippen LogP contribution in [0, 0.1) is 6.92 Å². The van der Waals surface area contributed by atoms with Gasteiger partial charge in [0, 0.05) is 34.2 Å². The molecule has 1 aromatic heterocycles. The second kappa shape index (κ2) is 9.75. The van der Waals surface area contributed by atoms with Gasteiger partial charge in [-0.15, -0.1) is 0 Å². The summed E-state index contributed by atoms with van der Waals surface area (Å²) in [6.45, 7) is 2.01. The molecule has 6 aromatic carbocycles. The molecule has 0 radical (unpaired) electrons. The maximum absolute atomic E-state index is 16.2. The van der Waals surface area contributed by atoms with E-state index in [9.17, 15) is 0 Å². The molecule has 0 bridgehead atoms. The Morgan fingerprint density at radius 3 is 1.89 bits per heavy atom. The SMILES string of the molecule is Cc1cc2c3c(c1)Oc1c(n(-c4ccccc4)c4ccccc14)P3(=O)c1ccc(N(c3ccccc3)c3ccccc3)cc1O2. The summed E-state index contributed by atoms with van der Waals surface area (Å²) in [6, 6.07) is 48.7. The quantitative estimate of drug-likeness (QED) is 0.188. The number of nitrogens with zero attached hydrogens (tertiary/aromatic N) is 2. The molecule has 0 saturated heterocycles. The number of hydrogen-bond acceptors (Lipinski definition) is 4. The summed E-state index contributed by atoms with van der Waals surface area (Å²) < 4.78 is 31.7. The molecule has 0 saturated carbocycles. The normalized spacial score (nSPS) is 15.8. The van der Waals surface area contributed by atoms with Crippen LogP contribution in [0.4, 0.5) is 17.1 Å². The Bertz CT molecular complexity index is 2280. The van der Waals surface area contributed by atoms with E-state index in [1.54, 1.807) is 0 Å². The Balaban J connectivity index is 1.34. The fourth-order valence-corrected chi connectivity index (χ4v) is 9.94. The fourth-order valence-electron chi connectivity index (χ4n) is 6.75. The second-order valence-corrected chi connectivity index (χ2v) is 14.0. The zero-order valence-electron chi connectivity index (χ0n) is 24.4. The van der Waals surface area contributed by atoms with Crippen LogP contribution in [0.25, 0.3) is 16.6 Å². The number of aromatic nitrogens is 1. The van der Waals surface area contributed by atoms with Crippen LogP contribution in [-0.4, -0.2) is 4.57 Å². The van der Waals surface area contributed by atoms with E-state index < -0.39 is 7.14 Å². The number of hydrogen-bond donors (Lipinski definition) is 0. The molecule has 1 unspecified atom stereocenters. The van der Waals surface area contributed by atoms with E-state index in [2.05, 4.69) is 39.8 Å². The molecule has 0 aliphatic carbocycles. The van der Waals surface area contributed by atoms with Crippen molar-refractivity contribution >= 4 is 51.2 Å². The van der Waals surface area contributed by atoms with Gasteiger partial charge in [-0.2, -0.15) is 0 Å². The minimum absolute atomic E-state index is 0.569. The molecule has 45 heavy (non-hydrogen) atoms. The highest BCUT2D eigenvalue weighted by atomic mass is 31.2. The molecule has 216 valence electrons. The van der Waals surface area contributed by atoms with Crippen LogP contribution >= 0.6 is 7.14 Å². The number of ether oxygens (including phenoxy) is 2. The molecule has 2 aliphatic rings. The average Bonchev–Trinajstić information content (AvgIpc) is 3.41. The second-order valence-electron chi connectivity index (χ2n) is 11.4. The van der Waals surface area contributed by atoms with Crippen molar-refractivity contribution in [2.75, 3.05) is 4.90 Å². The summed E-state index contributed by atoms with van der Waals surface area (Å²) in [4.78, 5) is 2.19. The number of rotatable bonds is 4. The van der Waals surface area contributed by atoms with Crippen molar-refractivity contribution < 1.29 is 14.0 Å². The van der Waals surface area contributed by atoms with Crippen LogP contribution in [0.3, 0.4) is 0 Å². The molecule has 3 heterocycles. The van der Waals surface area contributed by atoms with Crippen molar-refractivity contribution in [1.29, 1.82) is 0 Å². The molecule has 2 aliphatic heterocycles. The lowest BCUT2D eigenvalue weighted by molar-refractivity contribution is 0.463. The van der Waals surface area contributed by atoms with Crippen molar-refractivity contribution in [1.82, 2.24) is 4.57 Å². The Hall–Kier alpha value is -5.51. The number of benzene rings is 6. The molecule has 5 nitrogen and oxygen atoms in total. The van der Waals surface area contributed by atoms with Gasteiger partial charge >= 0.3 is 0 Å². The van der Waals surface area contributed by atoms with E-state index in [4.69, 9.17) is 9.47 Å². The lowest BCUT2D eigenvalue weighted by atomic mass is 10.2. The minimum atomic E-state index is -3.51. The minimum Gasteiger partial charge on any atom is -0.456 e. The zero-order chi connectivity index (χ0) is 30.1. The molecule has 0 spiro atoms. The third kappa shape index (κ3) is 3.78. The average molecular weight is 603 g/mol. The standard InChI is InChI=1S/C39H27N2O3P/c1-26-23-34-38-35(24-26)44-37-31-19-11-12-20-32(31)41(29-17-9-4-10-18-29)39(37)45(38,42)36-22-21-30(25-33(36)43-34)40(27-13-5-2-6-14-27)28-15-7-3-8-16-28/h2-25H,1H3. The van der Waals surface area contributed by atoms with E-state index in [1.807, 2.05) is 122 Å². The smallest absolute Gasteiger partial charge is 0.201 e. The predicted molar refractivity (Wildman–Crippen MR) is 182 cm³/mol. The maximum Gasteiger partial charge on any atom is 0.201 e. The molecule has 9 rings (SSSR count). The number of fused-ring (bicyclic) bond motifs is 6. The monoisotopic (exact) mass is 602 g/mol. The first-order chi connectivity index (χ1) is 22.1. The molecule has 0 fully saturated rings. The molecule has 1 atom stereocenters. The summed E-state index contributed by atoms with van der Waals surface area (Å²) >= 11 is 0. The van der Waals surface area contributed by atoms with E-state index in [1.165, 1.54) is 0 Å². The lowest BCUT2D eigenvalue weighted by Crippen LogP contribution is -2.37. The zero-order valence-corrected chi connectivity index (χ0v) is 25.3. The van der Waals surface area contributed by atoms with Crippen LogP contribution in [0.2, 0.25) is 0 Å². The van der Waals surface area contributed by atoms with Gasteiger partial charge in [-0.05, 0) is 85.3 Å². The fraction of sp³-hybridized carbons (Fsp3) is 0.0256. The van der Waals surface area contributed by atoms with Crippen molar-refractivity contribution in [2.45, 2.75) is 6.92 Å². The van der Waals surface area contributed by atoms with E-state index in [-0.39, 0.29) is 0 Å². The summed E-state index contributed by atoms with van der Waals surface area (Å²) in [6.07, 6.45) is 0. The highest BCUT2D eigenvalue weighted by molar-refractivity contribution is 7.86. The summed E-state index contributed by atoms with van der Waals surface area (Å²) in [5, 5.41) is 2.20. The molecule has 0 N–H and O–H groups in total. The number of aryl methyl sites for hydroxylation is 1. The summed E-state index contributed by atoms with van der Waals surface area (Å²) in [5.41, 5.74) is 6.44. The molecule has 0 amide bonds. The van der Waals surface area contributed by atoms with E-state index in [0.717, 1.165) is 39.2 Å². The van der Waals surface area contributed by atoms with Gasteiger partial charge < -0.3 is 23.5 Å². The first kappa shape index (κ1) is 25.9. The van der Waals surface area contributed by atoms with Gasteiger partial charge in [-0.25, -0.2) is 0 Å². The molecule has 6 heteroatoms. The van der Waals surface area contributed by atoms with E-state index >= 15 is 4.57 Å². The Morgan fingerprint density at radius 1 is 0.600 bits per heavy atom. The van der Waals surface area contributed by atoms with Crippen LogP contribution in [-0.2, 0) is 4.57 Å². The highest BCUT2D eigenvalue weighted by Gasteiger charge is 2.50. The largest absolute Gasteiger partial charge is 0.456 e. The van der Waals surface area contributed by atoms with Crippen LogP contribution in [0.1, 0.15) is 5.56 Å². The number of anilines is 3. The van der Waals surface area contributed by atoms with Crippen molar-refractivity contribution in [3.05, 3.63) is 151 Å². The molecular weight excluding hydrogens is 575 g/mol. The summed E-state index contributed by atoms with van der Waals surface area (Å²) in [7, 11) is -3.51. The third-order valence-electron chi connectivity index (χ3n) is 8.62. The highest BCUT2D eigenvalue weighted by Crippen LogP contribution is 2.61. The van der Waals surface area contributed by atoms with E-state index in [0.29, 0.717) is 39.0 Å². The predicted octanol–water partition coefficient (Wildman–Crippen LogP) is 9.26. The van der Waals surface area contributed by atoms with Crippen molar-refractivity contribution in [2.24, 2.45) is 0 Å². The van der Waals surface area contributed by atoms with Crippen LogP contribution in [0.15, 0.2) is 146 Å². The van der Waals surface area contributed by atoms with Gasteiger partial charge in [0.05, 0.1) is 10.8 Å². The molecule has 7 aromatic rings. The first-order valence-corrected chi connectivity index (χ1v) is 16.7.